The minimum absolute atomic E-state index is 0.0494. The second-order valence-electron chi connectivity index (χ2n) is 6.51. The number of hydrogen-bond donors (Lipinski definition) is 1. The molecule has 1 aliphatic heterocycles. The molecule has 0 bridgehead atoms. The van der Waals surface area contributed by atoms with E-state index >= 15 is 0 Å². The summed E-state index contributed by atoms with van der Waals surface area (Å²) in [7, 11) is 0. The van der Waals surface area contributed by atoms with Crippen LogP contribution in [0.15, 0.2) is 18.2 Å². The lowest BCUT2D eigenvalue weighted by Crippen LogP contribution is -2.41. The fourth-order valence-corrected chi connectivity index (χ4v) is 3.36. The molecule has 0 saturated carbocycles. The number of thioether (sulfide) groups is 1. The van der Waals surface area contributed by atoms with Crippen molar-refractivity contribution in [3.05, 3.63) is 29.6 Å². The highest BCUT2D eigenvalue weighted by molar-refractivity contribution is 7.99. The molecule has 0 radical (unpaired) electrons. The number of anilines is 1. The fraction of sp³-hybridized carbons (Fsp3) is 0.625. The first-order valence-corrected chi connectivity index (χ1v) is 8.40. The Morgan fingerprint density at radius 2 is 2.15 bits per heavy atom. The van der Waals surface area contributed by atoms with E-state index in [1.807, 2.05) is 23.9 Å². The third kappa shape index (κ3) is 4.13. The van der Waals surface area contributed by atoms with E-state index < -0.39 is 0 Å². The highest BCUT2D eigenvalue weighted by atomic mass is 32.2. The van der Waals surface area contributed by atoms with Gasteiger partial charge in [0.25, 0.3) is 0 Å². The van der Waals surface area contributed by atoms with Gasteiger partial charge in [-0.3, -0.25) is 0 Å². The Kier molecular flexibility index (Phi) is 4.97. The highest BCUT2D eigenvalue weighted by Gasteiger charge is 2.21. The number of rotatable bonds is 3. The number of nitrogens with one attached hydrogen (secondary N) is 1. The second kappa shape index (κ2) is 6.35. The molecule has 1 fully saturated rings. The highest BCUT2D eigenvalue weighted by Crippen LogP contribution is 2.27. The van der Waals surface area contributed by atoms with E-state index in [1.165, 1.54) is 0 Å². The Morgan fingerprint density at radius 1 is 1.40 bits per heavy atom. The summed E-state index contributed by atoms with van der Waals surface area (Å²) in [5.41, 5.74) is 1.80. The number of nitrogens with zero attached hydrogens (tertiary/aromatic N) is 1. The maximum atomic E-state index is 14.4. The van der Waals surface area contributed by atoms with Gasteiger partial charge in [0.15, 0.2) is 0 Å². The third-order valence-corrected chi connectivity index (χ3v) is 4.70. The molecule has 0 aromatic heterocycles. The Hall–Kier alpha value is -0.740. The van der Waals surface area contributed by atoms with E-state index in [-0.39, 0.29) is 11.4 Å². The average Bonchev–Trinajstić information content (AvgIpc) is 2.37. The molecule has 1 unspecified atom stereocenters. The zero-order valence-electron chi connectivity index (χ0n) is 12.9. The maximum Gasteiger partial charge on any atom is 0.146 e. The Labute approximate surface area is 126 Å². The van der Waals surface area contributed by atoms with Crippen LogP contribution in [0.25, 0.3) is 0 Å². The van der Waals surface area contributed by atoms with Crippen LogP contribution in [0, 0.1) is 5.82 Å². The van der Waals surface area contributed by atoms with Crippen molar-refractivity contribution < 1.29 is 4.39 Å². The van der Waals surface area contributed by atoms with Gasteiger partial charge in [-0.15, -0.1) is 0 Å². The molecule has 1 aromatic carbocycles. The molecule has 2 nitrogen and oxygen atoms in total. The van der Waals surface area contributed by atoms with Crippen LogP contribution >= 0.6 is 11.8 Å². The van der Waals surface area contributed by atoms with Crippen LogP contribution < -0.4 is 10.2 Å². The van der Waals surface area contributed by atoms with E-state index in [2.05, 4.69) is 37.9 Å². The van der Waals surface area contributed by atoms with Gasteiger partial charge in [-0.05, 0) is 45.4 Å². The van der Waals surface area contributed by atoms with Crippen LogP contribution in [0.4, 0.5) is 10.1 Å². The van der Waals surface area contributed by atoms with E-state index in [9.17, 15) is 4.39 Å². The zero-order valence-corrected chi connectivity index (χ0v) is 13.7. The van der Waals surface area contributed by atoms with Gasteiger partial charge in [-0.2, -0.15) is 11.8 Å². The van der Waals surface area contributed by atoms with Crippen LogP contribution in [0.2, 0.25) is 0 Å². The maximum absolute atomic E-state index is 14.4. The minimum atomic E-state index is -0.100. The average molecular weight is 296 g/mol. The predicted molar refractivity (Wildman–Crippen MR) is 87.1 cm³/mol. The molecule has 1 saturated heterocycles. The standard InChI is InChI=1S/C16H25FN2S/c1-12-11-20-8-7-19(12)15-6-5-13(9-14(15)17)10-18-16(2,3)4/h5-6,9,12,18H,7-8,10-11H2,1-4H3. The van der Waals surface area contributed by atoms with Crippen LogP contribution in [-0.2, 0) is 6.54 Å². The Bertz CT molecular complexity index is 456. The van der Waals surface area contributed by atoms with E-state index in [1.54, 1.807) is 6.07 Å². The summed E-state index contributed by atoms with van der Waals surface area (Å²) in [5.74, 6) is 2.06. The van der Waals surface area contributed by atoms with Crippen LogP contribution in [-0.4, -0.2) is 29.6 Å². The van der Waals surface area contributed by atoms with Crippen molar-refractivity contribution in [2.45, 2.75) is 45.8 Å². The van der Waals surface area contributed by atoms with E-state index in [4.69, 9.17) is 0 Å². The van der Waals surface area contributed by atoms with Crippen LogP contribution in [0.1, 0.15) is 33.3 Å². The van der Waals surface area contributed by atoms with Crippen molar-refractivity contribution in [3.63, 3.8) is 0 Å². The van der Waals surface area contributed by atoms with Gasteiger partial charge in [-0.25, -0.2) is 4.39 Å². The first-order valence-electron chi connectivity index (χ1n) is 7.25. The zero-order chi connectivity index (χ0) is 14.8. The molecular formula is C16H25FN2S. The first kappa shape index (κ1) is 15.6. The summed E-state index contributed by atoms with van der Waals surface area (Å²) in [4.78, 5) is 2.19. The molecular weight excluding hydrogens is 271 g/mol. The molecule has 0 spiro atoms. The molecule has 1 aromatic rings. The van der Waals surface area contributed by atoms with Gasteiger partial charge >= 0.3 is 0 Å². The van der Waals surface area contributed by atoms with Gasteiger partial charge in [0, 0.05) is 36.2 Å². The molecule has 0 aliphatic carbocycles. The molecule has 4 heteroatoms. The lowest BCUT2D eigenvalue weighted by atomic mass is 10.1. The van der Waals surface area contributed by atoms with Crippen LogP contribution in [0.3, 0.4) is 0 Å². The fourth-order valence-electron chi connectivity index (χ4n) is 2.35. The van der Waals surface area contributed by atoms with Gasteiger partial charge in [0.2, 0.25) is 0 Å². The molecule has 1 heterocycles. The van der Waals surface area contributed by atoms with E-state index in [0.717, 1.165) is 29.3 Å². The summed E-state index contributed by atoms with van der Waals surface area (Å²) < 4.78 is 14.4. The largest absolute Gasteiger partial charge is 0.365 e. The SMILES string of the molecule is CC1CSCCN1c1ccc(CNC(C)(C)C)cc1F. The van der Waals surface area contributed by atoms with Crippen molar-refractivity contribution in [1.29, 1.82) is 0 Å². The summed E-state index contributed by atoms with van der Waals surface area (Å²) in [6.45, 7) is 10.1. The molecule has 20 heavy (non-hydrogen) atoms. The third-order valence-electron chi connectivity index (χ3n) is 3.51. The number of hydrogen-bond acceptors (Lipinski definition) is 3. The van der Waals surface area contributed by atoms with E-state index in [0.29, 0.717) is 12.6 Å². The van der Waals surface area contributed by atoms with Crippen LogP contribution in [0.5, 0.6) is 0 Å². The molecule has 1 atom stereocenters. The van der Waals surface area contributed by atoms with Gasteiger partial charge in [-0.1, -0.05) is 6.07 Å². The normalized spacial score (nSPS) is 20.2. The van der Waals surface area contributed by atoms with Gasteiger partial charge < -0.3 is 10.2 Å². The smallest absolute Gasteiger partial charge is 0.146 e. The van der Waals surface area contributed by atoms with Crippen molar-refractivity contribution in [3.8, 4) is 0 Å². The minimum Gasteiger partial charge on any atom is -0.365 e. The van der Waals surface area contributed by atoms with Gasteiger partial charge in [0.05, 0.1) is 5.69 Å². The quantitative estimate of drug-likeness (QED) is 0.916. The lowest BCUT2D eigenvalue weighted by Gasteiger charge is -2.35. The first-order chi connectivity index (χ1) is 9.37. The van der Waals surface area contributed by atoms with Crippen molar-refractivity contribution >= 4 is 17.4 Å². The number of benzene rings is 1. The Balaban J connectivity index is 2.09. The lowest BCUT2D eigenvalue weighted by molar-refractivity contribution is 0.423. The van der Waals surface area contributed by atoms with Crippen molar-refractivity contribution in [1.82, 2.24) is 5.32 Å². The number of halogens is 1. The summed E-state index contributed by atoms with van der Waals surface area (Å²) in [6.07, 6.45) is 0. The van der Waals surface area contributed by atoms with Crippen molar-refractivity contribution in [2.75, 3.05) is 23.0 Å². The molecule has 0 amide bonds. The van der Waals surface area contributed by atoms with Crippen molar-refractivity contribution in [2.24, 2.45) is 0 Å². The molecule has 1 N–H and O–H groups in total. The predicted octanol–water partition coefficient (Wildman–Crippen LogP) is 3.66. The summed E-state index contributed by atoms with van der Waals surface area (Å²) in [6, 6.07) is 6.04. The summed E-state index contributed by atoms with van der Waals surface area (Å²) in [5, 5.41) is 3.39. The Morgan fingerprint density at radius 3 is 2.75 bits per heavy atom. The molecule has 1 aliphatic rings. The van der Waals surface area contributed by atoms with Gasteiger partial charge in [0.1, 0.15) is 5.82 Å². The second-order valence-corrected chi connectivity index (χ2v) is 7.66. The monoisotopic (exact) mass is 296 g/mol. The molecule has 112 valence electrons. The summed E-state index contributed by atoms with van der Waals surface area (Å²) >= 11 is 1.95. The topological polar surface area (TPSA) is 15.3 Å². The molecule has 2 rings (SSSR count).